The van der Waals surface area contributed by atoms with E-state index in [9.17, 15) is 4.79 Å². The predicted molar refractivity (Wildman–Crippen MR) is 70.2 cm³/mol. The maximum atomic E-state index is 12.1. The molecule has 0 spiro atoms. The highest BCUT2D eigenvalue weighted by Gasteiger charge is 2.44. The van der Waals surface area contributed by atoms with Gasteiger partial charge in [-0.2, -0.15) is 0 Å². The van der Waals surface area contributed by atoms with E-state index in [1.165, 1.54) is 7.11 Å². The minimum atomic E-state index is -0.523. The van der Waals surface area contributed by atoms with Crippen LogP contribution in [0.3, 0.4) is 0 Å². The van der Waals surface area contributed by atoms with Crippen molar-refractivity contribution in [2.75, 3.05) is 14.2 Å². The molecule has 0 aliphatic heterocycles. The second-order valence-electron chi connectivity index (χ2n) is 4.63. The van der Waals surface area contributed by atoms with E-state index in [-0.39, 0.29) is 5.97 Å². The van der Waals surface area contributed by atoms with Gasteiger partial charge in [-0.15, -0.1) is 0 Å². The first-order valence-electron chi connectivity index (χ1n) is 6.06. The summed E-state index contributed by atoms with van der Waals surface area (Å²) in [6.45, 7) is 0. The lowest BCUT2D eigenvalue weighted by atomic mass is 9.79. The average Bonchev–Trinajstić information content (AvgIpc) is 2.88. The summed E-state index contributed by atoms with van der Waals surface area (Å²) >= 11 is 6.14. The molecule has 0 bridgehead atoms. The smallest absolute Gasteiger partial charge is 0.316 e. The fourth-order valence-electron chi connectivity index (χ4n) is 2.75. The first-order chi connectivity index (χ1) is 8.64. The molecule has 0 atom stereocenters. The maximum absolute atomic E-state index is 12.1. The number of hydrogen-bond acceptors (Lipinski definition) is 3. The highest BCUT2D eigenvalue weighted by atomic mass is 35.5. The zero-order valence-electron chi connectivity index (χ0n) is 10.7. The SMILES string of the molecule is COC(=O)C1(c2ccc(OC)c(Cl)c2)CCCC1. The third-order valence-electron chi connectivity index (χ3n) is 3.74. The van der Waals surface area contributed by atoms with Gasteiger partial charge in [-0.25, -0.2) is 0 Å². The molecule has 0 unspecified atom stereocenters. The first kappa shape index (κ1) is 13.2. The van der Waals surface area contributed by atoms with Gasteiger partial charge in [0.25, 0.3) is 0 Å². The third-order valence-corrected chi connectivity index (χ3v) is 4.03. The van der Waals surface area contributed by atoms with Crippen molar-refractivity contribution in [3.05, 3.63) is 28.8 Å². The molecule has 1 aromatic carbocycles. The van der Waals surface area contributed by atoms with Gasteiger partial charge < -0.3 is 9.47 Å². The lowest BCUT2D eigenvalue weighted by Gasteiger charge is -2.26. The number of ether oxygens (including phenoxy) is 2. The van der Waals surface area contributed by atoms with Gasteiger partial charge in [0.05, 0.1) is 24.7 Å². The van der Waals surface area contributed by atoms with Crippen molar-refractivity contribution in [1.82, 2.24) is 0 Å². The van der Waals surface area contributed by atoms with Crippen LogP contribution in [0.5, 0.6) is 5.75 Å². The zero-order chi connectivity index (χ0) is 13.2. The Bertz CT molecular complexity index is 450. The van der Waals surface area contributed by atoms with Crippen LogP contribution in [-0.2, 0) is 14.9 Å². The Hall–Kier alpha value is -1.22. The molecule has 0 aromatic heterocycles. The second-order valence-corrected chi connectivity index (χ2v) is 5.04. The quantitative estimate of drug-likeness (QED) is 0.789. The van der Waals surface area contributed by atoms with Crippen molar-refractivity contribution < 1.29 is 14.3 Å². The van der Waals surface area contributed by atoms with E-state index in [0.29, 0.717) is 10.8 Å². The van der Waals surface area contributed by atoms with E-state index in [1.807, 2.05) is 12.1 Å². The molecule has 0 heterocycles. The van der Waals surface area contributed by atoms with Crippen LogP contribution in [0.25, 0.3) is 0 Å². The lowest BCUT2D eigenvalue weighted by molar-refractivity contribution is -0.147. The van der Waals surface area contributed by atoms with Gasteiger partial charge in [-0.05, 0) is 30.5 Å². The number of rotatable bonds is 3. The van der Waals surface area contributed by atoms with Crippen molar-refractivity contribution >= 4 is 17.6 Å². The minimum absolute atomic E-state index is 0.166. The van der Waals surface area contributed by atoms with E-state index in [0.717, 1.165) is 31.2 Å². The molecule has 1 fully saturated rings. The van der Waals surface area contributed by atoms with Gasteiger partial charge in [-0.3, -0.25) is 4.79 Å². The van der Waals surface area contributed by atoms with Gasteiger partial charge in [0.2, 0.25) is 0 Å². The van der Waals surface area contributed by atoms with Crippen molar-refractivity contribution in [2.24, 2.45) is 0 Å². The summed E-state index contributed by atoms with van der Waals surface area (Å²) in [6, 6.07) is 5.54. The predicted octanol–water partition coefficient (Wildman–Crippen LogP) is 3.33. The van der Waals surface area contributed by atoms with E-state index >= 15 is 0 Å². The van der Waals surface area contributed by atoms with Gasteiger partial charge in [0.1, 0.15) is 5.75 Å². The van der Waals surface area contributed by atoms with Crippen LogP contribution in [0.15, 0.2) is 18.2 Å². The van der Waals surface area contributed by atoms with Crippen LogP contribution < -0.4 is 4.74 Å². The Morgan fingerprint density at radius 2 is 1.94 bits per heavy atom. The number of carbonyl (C=O) groups excluding carboxylic acids is 1. The summed E-state index contributed by atoms with van der Waals surface area (Å²) in [5, 5.41) is 0.533. The molecule has 0 radical (unpaired) electrons. The number of benzene rings is 1. The Balaban J connectivity index is 2.43. The van der Waals surface area contributed by atoms with E-state index in [1.54, 1.807) is 13.2 Å². The third kappa shape index (κ3) is 2.07. The molecule has 0 amide bonds. The first-order valence-corrected chi connectivity index (χ1v) is 6.44. The van der Waals surface area contributed by atoms with Gasteiger partial charge in [-0.1, -0.05) is 30.5 Å². The summed E-state index contributed by atoms with van der Waals surface area (Å²) in [5.74, 6) is 0.458. The molecular weight excluding hydrogens is 252 g/mol. The van der Waals surface area contributed by atoms with Crippen LogP contribution in [0.1, 0.15) is 31.2 Å². The summed E-state index contributed by atoms with van der Waals surface area (Å²) in [4.78, 5) is 12.1. The monoisotopic (exact) mass is 268 g/mol. The molecule has 0 saturated heterocycles. The summed E-state index contributed by atoms with van der Waals surface area (Å²) in [5.41, 5.74) is 0.405. The van der Waals surface area contributed by atoms with Crippen molar-refractivity contribution in [3.8, 4) is 5.75 Å². The van der Waals surface area contributed by atoms with Crippen LogP contribution in [0, 0.1) is 0 Å². The number of halogens is 1. The molecule has 3 nitrogen and oxygen atoms in total. The van der Waals surface area contributed by atoms with E-state index < -0.39 is 5.41 Å². The number of methoxy groups -OCH3 is 2. The number of carbonyl (C=O) groups is 1. The normalized spacial score (nSPS) is 17.5. The van der Waals surface area contributed by atoms with E-state index in [2.05, 4.69) is 0 Å². The Morgan fingerprint density at radius 1 is 1.28 bits per heavy atom. The van der Waals surface area contributed by atoms with Crippen LogP contribution in [-0.4, -0.2) is 20.2 Å². The topological polar surface area (TPSA) is 35.5 Å². The highest BCUT2D eigenvalue weighted by molar-refractivity contribution is 6.32. The van der Waals surface area contributed by atoms with Gasteiger partial charge >= 0.3 is 5.97 Å². The van der Waals surface area contributed by atoms with Crippen molar-refractivity contribution in [1.29, 1.82) is 0 Å². The molecule has 4 heteroatoms. The molecule has 1 aliphatic carbocycles. The fourth-order valence-corrected chi connectivity index (χ4v) is 3.01. The average molecular weight is 269 g/mol. The highest BCUT2D eigenvalue weighted by Crippen LogP contribution is 2.43. The number of hydrogen-bond donors (Lipinski definition) is 0. The van der Waals surface area contributed by atoms with Crippen molar-refractivity contribution in [3.63, 3.8) is 0 Å². The fraction of sp³-hybridized carbons (Fsp3) is 0.500. The summed E-state index contributed by atoms with van der Waals surface area (Å²) < 4.78 is 10.1. The van der Waals surface area contributed by atoms with Crippen LogP contribution in [0.4, 0.5) is 0 Å². The molecule has 1 saturated carbocycles. The molecule has 0 N–H and O–H groups in total. The summed E-state index contributed by atoms with van der Waals surface area (Å²) in [6.07, 6.45) is 3.72. The molecule has 2 rings (SSSR count). The summed E-state index contributed by atoms with van der Waals surface area (Å²) in [7, 11) is 3.01. The second kappa shape index (κ2) is 5.19. The molecule has 1 aromatic rings. The largest absolute Gasteiger partial charge is 0.495 e. The lowest BCUT2D eigenvalue weighted by Crippen LogP contribution is -2.34. The number of esters is 1. The molecule has 98 valence electrons. The zero-order valence-corrected chi connectivity index (χ0v) is 11.4. The van der Waals surface area contributed by atoms with Crippen LogP contribution in [0.2, 0.25) is 5.02 Å². The van der Waals surface area contributed by atoms with Gasteiger partial charge in [0, 0.05) is 0 Å². The Morgan fingerprint density at radius 3 is 2.44 bits per heavy atom. The Labute approximate surface area is 112 Å². The standard InChI is InChI=1S/C14H17ClO3/c1-17-12-6-5-10(9-11(12)15)14(13(16)18-2)7-3-4-8-14/h5-6,9H,3-4,7-8H2,1-2H3. The maximum Gasteiger partial charge on any atom is 0.316 e. The molecule has 1 aliphatic rings. The van der Waals surface area contributed by atoms with Crippen LogP contribution >= 0.6 is 11.6 Å². The minimum Gasteiger partial charge on any atom is -0.495 e. The Kier molecular flexibility index (Phi) is 3.81. The molecular formula is C14H17ClO3. The van der Waals surface area contributed by atoms with Crippen molar-refractivity contribution in [2.45, 2.75) is 31.1 Å². The van der Waals surface area contributed by atoms with Gasteiger partial charge in [0.15, 0.2) is 0 Å². The van der Waals surface area contributed by atoms with E-state index in [4.69, 9.17) is 21.1 Å². The molecule has 18 heavy (non-hydrogen) atoms.